The molecule has 0 aromatic rings. The first-order chi connectivity index (χ1) is 7.35. The van der Waals surface area contributed by atoms with E-state index >= 15 is 0 Å². The molecule has 0 aromatic heterocycles. The molecular formula is C12H29Cl2NOTi. The molecule has 0 heterocycles. The zero-order valence-corrected chi connectivity index (χ0v) is 14.7. The minimum Gasteiger partial charge on any atom is -0.147 e. The van der Waals surface area contributed by atoms with Crippen molar-refractivity contribution in [3.8, 4) is 0 Å². The van der Waals surface area contributed by atoms with Crippen molar-refractivity contribution in [3.05, 3.63) is 0 Å². The van der Waals surface area contributed by atoms with Crippen molar-refractivity contribution in [2.75, 3.05) is 19.7 Å². The van der Waals surface area contributed by atoms with E-state index in [0.29, 0.717) is 0 Å². The van der Waals surface area contributed by atoms with E-state index in [0.717, 1.165) is 6.61 Å². The molecule has 0 amide bonds. The Kier molecular flexibility index (Phi) is 26.8. The number of unbranched alkanes of at least 4 members (excludes halogenated alkanes) is 3. The fourth-order valence-electron chi connectivity index (χ4n) is 1.25. The Bertz CT molecular complexity index is 123. The molecule has 0 radical (unpaired) electrons. The quantitative estimate of drug-likeness (QED) is 0.411. The number of hydrogen-bond acceptors (Lipinski definition) is 2. The summed E-state index contributed by atoms with van der Waals surface area (Å²) in [7, 11) is 0. The van der Waals surface area contributed by atoms with Gasteiger partial charge in [-0.15, -0.1) is 24.8 Å². The second-order valence-corrected chi connectivity index (χ2v) is 5.71. The van der Waals surface area contributed by atoms with Gasteiger partial charge < -0.3 is 0 Å². The molecule has 0 saturated heterocycles. The van der Waals surface area contributed by atoms with Crippen LogP contribution in [-0.4, -0.2) is 23.1 Å². The summed E-state index contributed by atoms with van der Waals surface area (Å²) in [6.45, 7) is 10.2. The smallest absolute Gasteiger partial charge is 0.147 e. The van der Waals surface area contributed by atoms with Crippen LogP contribution in [0.15, 0.2) is 0 Å². The molecule has 106 valence electrons. The Morgan fingerprint density at radius 3 is 1.71 bits per heavy atom. The maximum absolute atomic E-state index is 5.78. The van der Waals surface area contributed by atoms with E-state index in [1.807, 2.05) is 0 Å². The van der Waals surface area contributed by atoms with E-state index < -0.39 is 0 Å². The minimum atomic E-state index is -0.279. The third-order valence-corrected chi connectivity index (χ3v) is 3.98. The van der Waals surface area contributed by atoms with Crippen LogP contribution in [0.25, 0.3) is 0 Å². The second-order valence-electron chi connectivity index (χ2n) is 3.99. The molecule has 0 atom stereocenters. The maximum atomic E-state index is 5.78. The van der Waals surface area contributed by atoms with Gasteiger partial charge in [-0.25, -0.2) is 0 Å². The first-order valence-corrected chi connectivity index (χ1v) is 7.81. The molecule has 0 N–H and O–H groups in total. The van der Waals surface area contributed by atoms with Gasteiger partial charge in [0.15, 0.2) is 0 Å². The van der Waals surface area contributed by atoms with Crippen molar-refractivity contribution in [1.82, 2.24) is 3.38 Å². The molecule has 0 aliphatic rings. The topological polar surface area (TPSA) is 12.5 Å². The van der Waals surface area contributed by atoms with Crippen LogP contribution in [0.4, 0.5) is 0 Å². The van der Waals surface area contributed by atoms with Crippen molar-refractivity contribution >= 4 is 24.8 Å². The summed E-state index contributed by atoms with van der Waals surface area (Å²) in [4.78, 5) is 0. The van der Waals surface area contributed by atoms with Gasteiger partial charge in [-0.1, -0.05) is 0 Å². The van der Waals surface area contributed by atoms with Crippen molar-refractivity contribution in [2.45, 2.75) is 59.3 Å². The predicted molar refractivity (Wildman–Crippen MR) is 76.7 cm³/mol. The number of hydrogen-bond donors (Lipinski definition) is 0. The number of rotatable bonds is 11. The van der Waals surface area contributed by atoms with Crippen LogP contribution in [0, 0.1) is 0 Å². The molecule has 0 unspecified atom stereocenters. The van der Waals surface area contributed by atoms with E-state index in [2.05, 4.69) is 24.2 Å². The molecule has 0 bridgehead atoms. The molecule has 0 rings (SSSR count). The molecular weight excluding hydrogens is 293 g/mol. The van der Waals surface area contributed by atoms with Gasteiger partial charge in [0.05, 0.1) is 0 Å². The van der Waals surface area contributed by atoms with Gasteiger partial charge in [-0.05, 0) is 0 Å². The average molecular weight is 322 g/mol. The fourth-order valence-corrected chi connectivity index (χ4v) is 2.69. The van der Waals surface area contributed by atoms with Crippen LogP contribution < -0.4 is 0 Å². The normalized spacial score (nSPS) is 9.65. The van der Waals surface area contributed by atoms with Crippen molar-refractivity contribution < 1.29 is 23.1 Å². The Morgan fingerprint density at radius 1 is 0.824 bits per heavy atom. The van der Waals surface area contributed by atoms with E-state index in [-0.39, 0.29) is 44.6 Å². The molecule has 2 nitrogen and oxygen atoms in total. The van der Waals surface area contributed by atoms with Crippen molar-refractivity contribution in [3.63, 3.8) is 0 Å². The summed E-state index contributed by atoms with van der Waals surface area (Å²) in [5, 5.41) is 0. The van der Waals surface area contributed by atoms with Crippen molar-refractivity contribution in [2.24, 2.45) is 0 Å². The Hall–Kier alpha value is 1.21. The van der Waals surface area contributed by atoms with Crippen LogP contribution in [0.3, 0.4) is 0 Å². The molecule has 0 spiro atoms. The summed E-state index contributed by atoms with van der Waals surface area (Å²) in [6.07, 6.45) is 7.71. The average Bonchev–Trinajstić information content (AvgIpc) is 2.27. The standard InChI is InChI=1S/C8H18N.C4H9O.2ClH.Ti/c1-3-5-7-9-8-6-4-2;1-2-3-4-5;;;/h3-8H2,1-2H3;2-4H2,1H3;2*1H;/q2*-1;;;+2. The van der Waals surface area contributed by atoms with Gasteiger partial charge in [0.1, 0.15) is 0 Å². The summed E-state index contributed by atoms with van der Waals surface area (Å²) in [5.74, 6) is 0. The molecule has 0 aliphatic carbocycles. The largest absolute Gasteiger partial charge is 0.147 e. The predicted octanol–water partition coefficient (Wildman–Crippen LogP) is 4.46. The summed E-state index contributed by atoms with van der Waals surface area (Å²) < 4.78 is 8.35. The Balaban J connectivity index is -0.000000980. The summed E-state index contributed by atoms with van der Waals surface area (Å²) >= 11 is -0.279. The molecule has 0 saturated carbocycles. The third kappa shape index (κ3) is 17.2. The second kappa shape index (κ2) is 19.6. The third-order valence-electron chi connectivity index (χ3n) is 2.36. The van der Waals surface area contributed by atoms with Crippen molar-refractivity contribution in [1.29, 1.82) is 0 Å². The molecule has 17 heavy (non-hydrogen) atoms. The van der Waals surface area contributed by atoms with E-state index in [1.165, 1.54) is 51.6 Å². The zero-order valence-electron chi connectivity index (χ0n) is 11.5. The van der Waals surface area contributed by atoms with E-state index in [1.54, 1.807) is 0 Å². The van der Waals surface area contributed by atoms with Gasteiger partial charge in [0, 0.05) is 0 Å². The SMILES string of the molecule is CCCC[O][Ti][N](CCCC)CCCC.Cl.Cl. The maximum Gasteiger partial charge on any atom is -0.147 e. The van der Waals surface area contributed by atoms with Gasteiger partial charge >= 0.3 is 105 Å². The van der Waals surface area contributed by atoms with Crippen LogP contribution in [0.5, 0.6) is 0 Å². The van der Waals surface area contributed by atoms with Crippen LogP contribution >= 0.6 is 24.8 Å². The van der Waals surface area contributed by atoms with E-state index in [9.17, 15) is 0 Å². The molecule has 0 aromatic carbocycles. The first kappa shape index (κ1) is 23.3. The molecule has 5 heteroatoms. The van der Waals surface area contributed by atoms with Gasteiger partial charge in [0.2, 0.25) is 0 Å². The van der Waals surface area contributed by atoms with Crippen LogP contribution in [-0.2, 0) is 23.1 Å². The van der Waals surface area contributed by atoms with Crippen LogP contribution in [0.2, 0.25) is 0 Å². The van der Waals surface area contributed by atoms with E-state index in [4.69, 9.17) is 3.32 Å². The number of nitrogens with zero attached hydrogens (tertiary/aromatic N) is 1. The summed E-state index contributed by atoms with van der Waals surface area (Å²) in [6, 6.07) is 0. The molecule has 0 fully saturated rings. The summed E-state index contributed by atoms with van der Waals surface area (Å²) in [5.41, 5.74) is 0. The molecule has 0 aliphatic heterocycles. The monoisotopic (exact) mass is 321 g/mol. The van der Waals surface area contributed by atoms with Gasteiger partial charge in [0.25, 0.3) is 0 Å². The Morgan fingerprint density at radius 2 is 1.29 bits per heavy atom. The first-order valence-electron chi connectivity index (χ1n) is 6.47. The fraction of sp³-hybridized carbons (Fsp3) is 1.00. The zero-order chi connectivity index (χ0) is 11.4. The Labute approximate surface area is 130 Å². The minimum absolute atomic E-state index is 0. The number of halogens is 2. The van der Waals surface area contributed by atoms with Gasteiger partial charge in [-0.2, -0.15) is 0 Å². The van der Waals surface area contributed by atoms with Gasteiger partial charge in [-0.3, -0.25) is 0 Å². The van der Waals surface area contributed by atoms with Crippen LogP contribution in [0.1, 0.15) is 59.3 Å².